The van der Waals surface area contributed by atoms with Crippen LogP contribution in [-0.2, 0) is 6.42 Å². The van der Waals surface area contributed by atoms with Gasteiger partial charge < -0.3 is 15.2 Å². The van der Waals surface area contributed by atoms with Gasteiger partial charge in [-0.2, -0.15) is 0 Å². The first-order valence-corrected chi connectivity index (χ1v) is 6.42. The Labute approximate surface area is 111 Å². The van der Waals surface area contributed by atoms with Gasteiger partial charge in [0.15, 0.2) is 17.8 Å². The molecule has 0 aromatic heterocycles. The molecular weight excluding hydrogens is 254 g/mol. The minimum atomic E-state index is 0.442. The fourth-order valence-electron chi connectivity index (χ4n) is 2.02. The molecule has 2 N–H and O–H groups in total. The number of rotatable bonds is 5. The lowest BCUT2D eigenvalue weighted by molar-refractivity contribution is 0.111. The van der Waals surface area contributed by atoms with Crippen LogP contribution in [0.15, 0.2) is 6.07 Å². The summed E-state index contributed by atoms with van der Waals surface area (Å²) in [6.45, 7) is 1.59. The standard InChI is InChI=1S/C13H16ClNO3/c14-11-7-9(8-16)12-13(18-6-5-17-12)10(11)3-1-2-4-15/h7-8H,1-6,15H2. The Hall–Kier alpha value is -1.26. The van der Waals surface area contributed by atoms with Crippen molar-refractivity contribution in [1.29, 1.82) is 0 Å². The maximum atomic E-state index is 11.0. The molecule has 0 spiro atoms. The number of aldehydes is 1. The molecule has 1 aromatic rings. The number of hydrogen-bond acceptors (Lipinski definition) is 4. The zero-order valence-corrected chi connectivity index (χ0v) is 10.8. The highest BCUT2D eigenvalue weighted by molar-refractivity contribution is 6.32. The predicted octanol–water partition coefficient (Wildman–Crippen LogP) is 2.21. The van der Waals surface area contributed by atoms with E-state index < -0.39 is 0 Å². The Balaban J connectivity index is 2.35. The fourth-order valence-corrected chi connectivity index (χ4v) is 2.32. The van der Waals surface area contributed by atoms with Crippen LogP contribution in [0.5, 0.6) is 11.5 Å². The van der Waals surface area contributed by atoms with E-state index in [1.54, 1.807) is 6.07 Å². The first-order valence-electron chi connectivity index (χ1n) is 6.04. The van der Waals surface area contributed by atoms with Gasteiger partial charge in [-0.1, -0.05) is 11.6 Å². The van der Waals surface area contributed by atoms with Gasteiger partial charge in [0.25, 0.3) is 0 Å². The number of fused-ring (bicyclic) bond motifs is 1. The Morgan fingerprint density at radius 3 is 2.67 bits per heavy atom. The molecule has 98 valence electrons. The van der Waals surface area contributed by atoms with Gasteiger partial charge in [-0.3, -0.25) is 4.79 Å². The predicted molar refractivity (Wildman–Crippen MR) is 69.8 cm³/mol. The number of carbonyl (C=O) groups is 1. The first-order chi connectivity index (χ1) is 8.77. The Bertz CT molecular complexity index is 448. The molecule has 18 heavy (non-hydrogen) atoms. The lowest BCUT2D eigenvalue weighted by atomic mass is 10.0. The SMILES string of the molecule is NCCCCc1c(Cl)cc(C=O)c2c1OCCO2. The number of unbranched alkanes of at least 4 members (excludes halogenated alkanes) is 1. The van der Waals surface area contributed by atoms with Crippen molar-refractivity contribution >= 4 is 17.9 Å². The zero-order chi connectivity index (χ0) is 13.0. The Morgan fingerprint density at radius 2 is 2.00 bits per heavy atom. The largest absolute Gasteiger partial charge is 0.486 e. The van der Waals surface area contributed by atoms with E-state index in [0.29, 0.717) is 41.8 Å². The highest BCUT2D eigenvalue weighted by Gasteiger charge is 2.22. The van der Waals surface area contributed by atoms with Gasteiger partial charge in [0.2, 0.25) is 0 Å². The summed E-state index contributed by atoms with van der Waals surface area (Å²) in [7, 11) is 0. The van der Waals surface area contributed by atoms with Crippen LogP contribution in [-0.4, -0.2) is 26.0 Å². The average molecular weight is 270 g/mol. The highest BCUT2D eigenvalue weighted by atomic mass is 35.5. The van der Waals surface area contributed by atoms with E-state index >= 15 is 0 Å². The maximum absolute atomic E-state index is 11.0. The normalized spacial score (nSPS) is 13.4. The number of nitrogens with two attached hydrogens (primary N) is 1. The smallest absolute Gasteiger partial charge is 0.172 e. The van der Waals surface area contributed by atoms with Crippen LogP contribution in [0.2, 0.25) is 5.02 Å². The summed E-state index contributed by atoms with van der Waals surface area (Å²) in [4.78, 5) is 11.0. The van der Waals surface area contributed by atoms with Crippen LogP contribution in [0.25, 0.3) is 0 Å². The average Bonchev–Trinajstić information content (AvgIpc) is 2.41. The molecule has 0 aliphatic carbocycles. The second-order valence-electron chi connectivity index (χ2n) is 4.14. The molecule has 2 rings (SSSR count). The van der Waals surface area contributed by atoms with Crippen molar-refractivity contribution in [2.75, 3.05) is 19.8 Å². The number of hydrogen-bond donors (Lipinski definition) is 1. The van der Waals surface area contributed by atoms with Crippen molar-refractivity contribution in [1.82, 2.24) is 0 Å². The molecule has 0 saturated carbocycles. The van der Waals surface area contributed by atoms with Crippen molar-refractivity contribution in [3.8, 4) is 11.5 Å². The van der Waals surface area contributed by atoms with E-state index in [4.69, 9.17) is 26.8 Å². The summed E-state index contributed by atoms with van der Waals surface area (Å²) in [5, 5.41) is 0.554. The highest BCUT2D eigenvalue weighted by Crippen LogP contribution is 2.41. The Morgan fingerprint density at radius 1 is 1.28 bits per heavy atom. The lowest BCUT2D eigenvalue weighted by Crippen LogP contribution is -2.18. The molecule has 0 bridgehead atoms. The first kappa shape index (κ1) is 13.2. The fraction of sp³-hybridized carbons (Fsp3) is 0.462. The summed E-state index contributed by atoms with van der Waals surface area (Å²) < 4.78 is 11.1. The third-order valence-corrected chi connectivity index (χ3v) is 3.23. The summed E-state index contributed by atoms with van der Waals surface area (Å²) in [5.41, 5.74) is 6.83. The molecule has 0 radical (unpaired) electrons. The monoisotopic (exact) mass is 269 g/mol. The van der Waals surface area contributed by atoms with Crippen molar-refractivity contribution in [2.24, 2.45) is 5.73 Å². The molecule has 1 aliphatic heterocycles. The Kier molecular flexibility index (Phi) is 4.44. The van der Waals surface area contributed by atoms with Gasteiger partial charge in [0.1, 0.15) is 13.2 Å². The lowest BCUT2D eigenvalue weighted by Gasteiger charge is -2.23. The molecule has 1 heterocycles. The van der Waals surface area contributed by atoms with Crippen LogP contribution in [0.3, 0.4) is 0 Å². The van der Waals surface area contributed by atoms with Crippen molar-refractivity contribution in [2.45, 2.75) is 19.3 Å². The van der Waals surface area contributed by atoms with Crippen LogP contribution < -0.4 is 15.2 Å². The minimum absolute atomic E-state index is 0.442. The third-order valence-electron chi connectivity index (χ3n) is 2.90. The summed E-state index contributed by atoms with van der Waals surface area (Å²) in [6.07, 6.45) is 3.39. The van der Waals surface area contributed by atoms with Gasteiger partial charge in [-0.05, 0) is 31.9 Å². The molecule has 5 heteroatoms. The maximum Gasteiger partial charge on any atom is 0.172 e. The van der Waals surface area contributed by atoms with Crippen LogP contribution in [0, 0.1) is 0 Å². The van der Waals surface area contributed by atoms with Gasteiger partial charge in [0, 0.05) is 10.6 Å². The molecule has 0 atom stereocenters. The second-order valence-corrected chi connectivity index (χ2v) is 4.55. The molecule has 0 saturated heterocycles. The quantitative estimate of drug-likeness (QED) is 0.658. The van der Waals surface area contributed by atoms with E-state index in [1.807, 2.05) is 0 Å². The minimum Gasteiger partial charge on any atom is -0.486 e. The van der Waals surface area contributed by atoms with Crippen molar-refractivity contribution in [3.63, 3.8) is 0 Å². The van der Waals surface area contributed by atoms with Gasteiger partial charge in [-0.15, -0.1) is 0 Å². The topological polar surface area (TPSA) is 61.6 Å². The van der Waals surface area contributed by atoms with Crippen molar-refractivity contribution in [3.05, 3.63) is 22.2 Å². The van der Waals surface area contributed by atoms with E-state index in [1.165, 1.54) is 0 Å². The van der Waals surface area contributed by atoms with Crippen LogP contribution >= 0.6 is 11.6 Å². The van der Waals surface area contributed by atoms with E-state index in [-0.39, 0.29) is 0 Å². The van der Waals surface area contributed by atoms with Crippen LogP contribution in [0.1, 0.15) is 28.8 Å². The molecule has 1 aromatic carbocycles. The second kappa shape index (κ2) is 6.07. The molecule has 0 unspecified atom stereocenters. The summed E-state index contributed by atoms with van der Waals surface area (Å²) >= 11 is 6.20. The zero-order valence-electron chi connectivity index (χ0n) is 10.1. The van der Waals surface area contributed by atoms with Gasteiger partial charge >= 0.3 is 0 Å². The van der Waals surface area contributed by atoms with E-state index in [9.17, 15) is 4.79 Å². The molecule has 0 amide bonds. The molecular formula is C13H16ClNO3. The molecule has 0 fully saturated rings. The molecule has 1 aliphatic rings. The number of ether oxygens (including phenoxy) is 2. The summed E-state index contributed by atoms with van der Waals surface area (Å²) in [5.74, 6) is 1.14. The van der Waals surface area contributed by atoms with E-state index in [0.717, 1.165) is 31.1 Å². The number of carbonyl (C=O) groups excluding carboxylic acids is 1. The third kappa shape index (κ3) is 2.60. The van der Waals surface area contributed by atoms with E-state index in [2.05, 4.69) is 0 Å². The number of halogens is 1. The van der Waals surface area contributed by atoms with Gasteiger partial charge in [0.05, 0.1) is 5.56 Å². The van der Waals surface area contributed by atoms with Crippen molar-refractivity contribution < 1.29 is 14.3 Å². The summed E-state index contributed by atoms with van der Waals surface area (Å²) in [6, 6.07) is 1.64. The van der Waals surface area contributed by atoms with Gasteiger partial charge in [-0.25, -0.2) is 0 Å². The van der Waals surface area contributed by atoms with Crippen LogP contribution in [0.4, 0.5) is 0 Å². The number of benzene rings is 1. The molecule has 4 nitrogen and oxygen atoms in total.